The fourth-order valence-electron chi connectivity index (χ4n) is 3.41. The van der Waals surface area contributed by atoms with Crippen molar-refractivity contribution < 1.29 is 13.2 Å². The molecular formula is C25H22ClN3O3S2. The number of hydrogen-bond donors (Lipinski definition) is 1. The number of nitrogens with zero attached hydrogens (tertiary/aromatic N) is 2. The van der Waals surface area contributed by atoms with Gasteiger partial charge in [0.25, 0.3) is 15.9 Å². The molecule has 0 aliphatic rings. The molecule has 34 heavy (non-hydrogen) atoms. The van der Waals surface area contributed by atoms with Crippen LogP contribution in [0.1, 0.15) is 21.5 Å². The summed E-state index contributed by atoms with van der Waals surface area (Å²) in [5.74, 6) is -0.467. The van der Waals surface area contributed by atoms with Crippen LogP contribution in [0.3, 0.4) is 0 Å². The summed E-state index contributed by atoms with van der Waals surface area (Å²) in [7, 11) is -3.83. The molecule has 1 amide bonds. The number of allylic oxidation sites excluding steroid dienone is 1. The number of anilines is 1. The molecule has 3 aromatic carbocycles. The molecule has 1 aromatic heterocycles. The summed E-state index contributed by atoms with van der Waals surface area (Å²) in [6.07, 6.45) is 1.76. The zero-order valence-corrected chi connectivity index (χ0v) is 21.0. The minimum absolute atomic E-state index is 0.0691. The van der Waals surface area contributed by atoms with Crippen LogP contribution in [0.4, 0.5) is 5.69 Å². The third kappa shape index (κ3) is 4.99. The van der Waals surface area contributed by atoms with E-state index in [0.29, 0.717) is 16.4 Å². The van der Waals surface area contributed by atoms with Crippen LogP contribution < -0.4 is 9.52 Å². The van der Waals surface area contributed by atoms with Crippen molar-refractivity contribution in [3.63, 3.8) is 0 Å². The Morgan fingerprint density at radius 2 is 1.82 bits per heavy atom. The number of amides is 1. The highest BCUT2D eigenvalue weighted by Crippen LogP contribution is 2.23. The lowest BCUT2D eigenvalue weighted by Crippen LogP contribution is -2.16. The predicted octanol–water partition coefficient (Wildman–Crippen LogP) is 5.70. The van der Waals surface area contributed by atoms with Gasteiger partial charge in [-0.25, -0.2) is 8.42 Å². The maximum absolute atomic E-state index is 13.0. The normalized spacial score (nSPS) is 12.1. The lowest BCUT2D eigenvalue weighted by molar-refractivity contribution is 0.0998. The molecule has 1 N–H and O–H groups in total. The van der Waals surface area contributed by atoms with Crippen molar-refractivity contribution in [2.45, 2.75) is 25.3 Å². The number of fused-ring (bicyclic) bond motifs is 1. The van der Waals surface area contributed by atoms with Gasteiger partial charge in [-0.3, -0.25) is 9.52 Å². The molecule has 1 heterocycles. The van der Waals surface area contributed by atoms with Gasteiger partial charge in [-0.05, 0) is 79.6 Å². The van der Waals surface area contributed by atoms with Crippen molar-refractivity contribution in [2.24, 2.45) is 4.99 Å². The Kier molecular flexibility index (Phi) is 6.74. The molecule has 4 rings (SSSR count). The van der Waals surface area contributed by atoms with Crippen LogP contribution in [-0.4, -0.2) is 18.9 Å². The van der Waals surface area contributed by atoms with Crippen molar-refractivity contribution >= 4 is 54.8 Å². The maximum atomic E-state index is 13.0. The number of aryl methyl sites for hydroxylation is 2. The van der Waals surface area contributed by atoms with Crippen molar-refractivity contribution in [1.29, 1.82) is 0 Å². The van der Waals surface area contributed by atoms with Crippen LogP contribution in [0.15, 0.2) is 83.2 Å². The Balaban J connectivity index is 1.69. The van der Waals surface area contributed by atoms with E-state index in [1.807, 2.05) is 18.4 Å². The number of thiazole rings is 1. The fraction of sp³-hybridized carbons (Fsp3) is 0.120. The molecule has 174 valence electrons. The van der Waals surface area contributed by atoms with Crippen molar-refractivity contribution in [3.8, 4) is 0 Å². The summed E-state index contributed by atoms with van der Waals surface area (Å²) in [5.41, 5.74) is 3.84. The molecule has 0 unspecified atom stereocenters. The molecule has 0 bridgehead atoms. The first-order chi connectivity index (χ1) is 16.2. The van der Waals surface area contributed by atoms with E-state index in [4.69, 9.17) is 11.6 Å². The van der Waals surface area contributed by atoms with E-state index in [0.717, 1.165) is 21.3 Å². The zero-order valence-electron chi connectivity index (χ0n) is 18.6. The second-order valence-electron chi connectivity index (χ2n) is 7.75. The topological polar surface area (TPSA) is 80.5 Å². The first-order valence-corrected chi connectivity index (χ1v) is 13.0. The summed E-state index contributed by atoms with van der Waals surface area (Å²) in [6, 6.07) is 16.3. The minimum Gasteiger partial charge on any atom is -0.312 e. The molecule has 0 spiro atoms. The van der Waals surface area contributed by atoms with Crippen LogP contribution >= 0.6 is 22.9 Å². The summed E-state index contributed by atoms with van der Waals surface area (Å²) in [5, 5.41) is 0.438. The van der Waals surface area contributed by atoms with E-state index >= 15 is 0 Å². The van der Waals surface area contributed by atoms with Crippen LogP contribution in [0, 0.1) is 13.8 Å². The highest BCUT2D eigenvalue weighted by Gasteiger charge is 2.16. The predicted molar refractivity (Wildman–Crippen MR) is 138 cm³/mol. The summed E-state index contributed by atoms with van der Waals surface area (Å²) in [6.45, 7) is 8.42. The second kappa shape index (κ2) is 9.58. The maximum Gasteiger partial charge on any atom is 0.279 e. The van der Waals surface area contributed by atoms with E-state index < -0.39 is 15.9 Å². The SMILES string of the molecule is C=CCn1c(=NC(=O)c2cccc(NS(=O)(=O)c3ccc(Cl)cc3)c2)sc2cc(C)c(C)cc21. The Morgan fingerprint density at radius 3 is 2.53 bits per heavy atom. The van der Waals surface area contributed by atoms with Crippen molar-refractivity contribution in [2.75, 3.05) is 4.72 Å². The van der Waals surface area contributed by atoms with Gasteiger partial charge in [0.15, 0.2) is 4.80 Å². The van der Waals surface area contributed by atoms with Gasteiger partial charge in [-0.2, -0.15) is 4.99 Å². The molecule has 0 saturated carbocycles. The third-order valence-corrected chi connectivity index (χ3v) is 7.98. The number of sulfonamides is 1. The van der Waals surface area contributed by atoms with Crippen molar-refractivity contribution in [3.05, 3.63) is 99.8 Å². The molecule has 0 radical (unpaired) electrons. The highest BCUT2D eigenvalue weighted by molar-refractivity contribution is 7.92. The molecular weight excluding hydrogens is 490 g/mol. The van der Waals surface area contributed by atoms with Crippen LogP contribution in [-0.2, 0) is 16.6 Å². The molecule has 0 aliphatic carbocycles. The average molecular weight is 512 g/mol. The highest BCUT2D eigenvalue weighted by atomic mass is 35.5. The van der Waals surface area contributed by atoms with Crippen LogP contribution in [0.2, 0.25) is 5.02 Å². The van der Waals surface area contributed by atoms with Gasteiger partial charge < -0.3 is 4.57 Å². The average Bonchev–Trinajstić information content (AvgIpc) is 3.10. The summed E-state index contributed by atoms with van der Waals surface area (Å²) >= 11 is 7.27. The lowest BCUT2D eigenvalue weighted by atomic mass is 10.1. The Morgan fingerprint density at radius 1 is 1.12 bits per heavy atom. The second-order valence-corrected chi connectivity index (χ2v) is 10.9. The fourth-order valence-corrected chi connectivity index (χ4v) is 5.70. The monoisotopic (exact) mass is 511 g/mol. The molecule has 6 nitrogen and oxygen atoms in total. The number of carbonyl (C=O) groups is 1. The van der Waals surface area contributed by atoms with Gasteiger partial charge in [-0.15, -0.1) is 6.58 Å². The Labute approximate surface area is 206 Å². The van der Waals surface area contributed by atoms with Gasteiger partial charge in [-0.1, -0.05) is 35.1 Å². The molecule has 9 heteroatoms. The number of carbonyl (C=O) groups excluding carboxylic acids is 1. The summed E-state index contributed by atoms with van der Waals surface area (Å²) < 4.78 is 30.8. The number of aromatic nitrogens is 1. The lowest BCUT2D eigenvalue weighted by Gasteiger charge is -2.09. The van der Waals surface area contributed by atoms with E-state index in [-0.39, 0.29) is 16.1 Å². The van der Waals surface area contributed by atoms with Gasteiger partial charge >= 0.3 is 0 Å². The molecule has 0 atom stereocenters. The quantitative estimate of drug-likeness (QED) is 0.337. The first-order valence-electron chi connectivity index (χ1n) is 10.4. The minimum atomic E-state index is -3.83. The number of benzene rings is 3. The summed E-state index contributed by atoms with van der Waals surface area (Å²) in [4.78, 5) is 18.0. The Hall–Kier alpha value is -3.20. The molecule has 0 saturated heterocycles. The largest absolute Gasteiger partial charge is 0.312 e. The van der Waals surface area contributed by atoms with Crippen LogP contribution in [0.25, 0.3) is 10.2 Å². The first kappa shape index (κ1) is 23.9. The molecule has 0 aliphatic heterocycles. The third-order valence-electron chi connectivity index (χ3n) is 5.29. The number of rotatable bonds is 6. The van der Waals surface area contributed by atoms with Crippen LogP contribution in [0.5, 0.6) is 0 Å². The van der Waals surface area contributed by atoms with Gasteiger partial charge in [0.2, 0.25) is 0 Å². The van der Waals surface area contributed by atoms with Gasteiger partial charge in [0, 0.05) is 22.8 Å². The number of halogens is 1. The smallest absolute Gasteiger partial charge is 0.279 e. The van der Waals surface area contributed by atoms with E-state index in [2.05, 4.69) is 28.4 Å². The number of hydrogen-bond acceptors (Lipinski definition) is 4. The Bertz CT molecular complexity index is 1580. The standard InChI is InChI=1S/C25H22ClN3O3S2/c1-4-12-29-22-13-16(2)17(3)14-23(22)33-25(29)27-24(30)18-6-5-7-20(15-18)28-34(31,32)21-10-8-19(26)9-11-21/h4-11,13-15,28H,1,12H2,2-3H3. The van der Waals surface area contributed by atoms with E-state index in [9.17, 15) is 13.2 Å². The van der Waals surface area contributed by atoms with Gasteiger partial charge in [0.05, 0.1) is 15.1 Å². The zero-order chi connectivity index (χ0) is 24.5. The van der Waals surface area contributed by atoms with E-state index in [1.165, 1.54) is 41.7 Å². The van der Waals surface area contributed by atoms with E-state index in [1.54, 1.807) is 24.3 Å². The number of nitrogens with one attached hydrogen (secondary N) is 1. The van der Waals surface area contributed by atoms with Crippen molar-refractivity contribution in [1.82, 2.24) is 4.57 Å². The molecule has 0 fully saturated rings. The molecule has 4 aromatic rings. The van der Waals surface area contributed by atoms with Gasteiger partial charge in [0.1, 0.15) is 0 Å².